The van der Waals surface area contributed by atoms with Crippen molar-refractivity contribution in [3.63, 3.8) is 0 Å². The van der Waals surface area contributed by atoms with Gasteiger partial charge >= 0.3 is 12.1 Å². The normalized spacial score (nSPS) is 24.6. The van der Waals surface area contributed by atoms with E-state index in [1.165, 1.54) is 26.0 Å². The lowest BCUT2D eigenvalue weighted by Crippen LogP contribution is -2.47. The summed E-state index contributed by atoms with van der Waals surface area (Å²) in [6.07, 6.45) is -4.69. The van der Waals surface area contributed by atoms with E-state index in [0.717, 1.165) is 19.1 Å². The minimum Gasteiger partial charge on any atom is -0.470 e. The molecule has 1 aromatic carbocycles. The lowest BCUT2D eigenvalue weighted by Gasteiger charge is -2.32. The molecule has 1 heterocycles. The summed E-state index contributed by atoms with van der Waals surface area (Å²) >= 11 is 0. The summed E-state index contributed by atoms with van der Waals surface area (Å²) in [5.74, 6) is -3.14. The standard InChI is InChI=1S/C16H16F4O3/c1-4-22-14(21)13-12(10-5-7-11(17)8-6-10)9(2)15(3,23-13)16(18,19)20/h5-9H,4H2,1-3H3/t9-,15+/m0/s1. The minimum absolute atomic E-state index is 0.000492. The van der Waals surface area contributed by atoms with Crippen LogP contribution in [-0.4, -0.2) is 24.4 Å². The third-order valence-electron chi connectivity index (χ3n) is 4.00. The number of halogens is 4. The highest BCUT2D eigenvalue weighted by atomic mass is 19.4. The van der Waals surface area contributed by atoms with E-state index in [0.29, 0.717) is 0 Å². The van der Waals surface area contributed by atoms with E-state index >= 15 is 0 Å². The number of esters is 1. The van der Waals surface area contributed by atoms with E-state index in [1.54, 1.807) is 0 Å². The van der Waals surface area contributed by atoms with Gasteiger partial charge in [0, 0.05) is 11.5 Å². The zero-order valence-electron chi connectivity index (χ0n) is 12.8. The van der Waals surface area contributed by atoms with Crippen LogP contribution >= 0.6 is 0 Å². The molecular formula is C16H16F4O3. The van der Waals surface area contributed by atoms with Crippen molar-refractivity contribution in [2.24, 2.45) is 5.92 Å². The maximum Gasteiger partial charge on any atom is 0.428 e. The fraction of sp³-hybridized carbons (Fsp3) is 0.438. The van der Waals surface area contributed by atoms with Crippen molar-refractivity contribution in [1.82, 2.24) is 0 Å². The van der Waals surface area contributed by atoms with Gasteiger partial charge in [0.05, 0.1) is 6.61 Å². The van der Waals surface area contributed by atoms with Crippen molar-refractivity contribution in [3.05, 3.63) is 41.4 Å². The highest BCUT2D eigenvalue weighted by Crippen LogP contribution is 2.52. The Morgan fingerprint density at radius 3 is 2.35 bits per heavy atom. The molecule has 0 unspecified atom stereocenters. The molecule has 126 valence electrons. The van der Waals surface area contributed by atoms with Gasteiger partial charge in [-0.2, -0.15) is 13.2 Å². The molecule has 23 heavy (non-hydrogen) atoms. The number of carbonyl (C=O) groups excluding carboxylic acids is 1. The SMILES string of the molecule is CCOC(=O)C1=C(c2ccc(F)cc2)[C@H](C)[C@](C)(C(F)(F)F)O1. The molecule has 0 saturated heterocycles. The third kappa shape index (κ3) is 2.92. The van der Waals surface area contributed by atoms with Crippen molar-refractivity contribution in [2.75, 3.05) is 6.61 Å². The monoisotopic (exact) mass is 332 g/mol. The summed E-state index contributed by atoms with van der Waals surface area (Å²) in [7, 11) is 0. The van der Waals surface area contributed by atoms with Crippen LogP contribution in [0.4, 0.5) is 17.6 Å². The topological polar surface area (TPSA) is 35.5 Å². The Kier molecular flexibility index (Phi) is 4.41. The Labute approximate surface area is 130 Å². The van der Waals surface area contributed by atoms with Crippen LogP contribution in [0.15, 0.2) is 30.0 Å². The van der Waals surface area contributed by atoms with Crippen LogP contribution in [0, 0.1) is 11.7 Å². The van der Waals surface area contributed by atoms with Gasteiger partial charge in [-0.25, -0.2) is 9.18 Å². The number of alkyl halides is 3. The first kappa shape index (κ1) is 17.3. The predicted octanol–water partition coefficient (Wildman–Crippen LogP) is 4.09. The molecule has 7 heteroatoms. The van der Waals surface area contributed by atoms with Gasteiger partial charge in [-0.1, -0.05) is 19.1 Å². The predicted molar refractivity (Wildman–Crippen MR) is 74.7 cm³/mol. The Hall–Kier alpha value is -2.05. The van der Waals surface area contributed by atoms with Crippen LogP contribution in [-0.2, 0) is 14.3 Å². The number of hydrogen-bond donors (Lipinski definition) is 0. The van der Waals surface area contributed by atoms with E-state index in [1.807, 2.05) is 0 Å². The summed E-state index contributed by atoms with van der Waals surface area (Å²) in [5, 5.41) is 0. The molecule has 0 aliphatic carbocycles. The van der Waals surface area contributed by atoms with E-state index in [2.05, 4.69) is 0 Å². The van der Waals surface area contributed by atoms with Gasteiger partial charge in [0.25, 0.3) is 0 Å². The van der Waals surface area contributed by atoms with Gasteiger partial charge in [0.15, 0.2) is 0 Å². The average molecular weight is 332 g/mol. The highest BCUT2D eigenvalue weighted by molar-refractivity contribution is 5.97. The summed E-state index contributed by atoms with van der Waals surface area (Å²) in [6.45, 7) is 3.74. The lowest BCUT2D eigenvalue weighted by atomic mass is 9.82. The molecule has 0 N–H and O–H groups in total. The first-order valence-corrected chi connectivity index (χ1v) is 7.04. The number of ether oxygens (including phenoxy) is 2. The second-order valence-electron chi connectivity index (χ2n) is 5.40. The molecule has 1 aliphatic rings. The second kappa shape index (κ2) is 5.86. The van der Waals surface area contributed by atoms with Crippen LogP contribution < -0.4 is 0 Å². The molecule has 0 radical (unpaired) electrons. The third-order valence-corrected chi connectivity index (χ3v) is 4.00. The largest absolute Gasteiger partial charge is 0.470 e. The van der Waals surface area contributed by atoms with Gasteiger partial charge in [-0.05, 0) is 31.5 Å². The van der Waals surface area contributed by atoms with Gasteiger partial charge in [-0.15, -0.1) is 0 Å². The molecule has 1 aliphatic heterocycles. The Morgan fingerprint density at radius 1 is 1.30 bits per heavy atom. The summed E-state index contributed by atoms with van der Waals surface area (Å²) in [4.78, 5) is 12.0. The van der Waals surface area contributed by atoms with Crippen LogP contribution in [0.25, 0.3) is 5.57 Å². The van der Waals surface area contributed by atoms with Crippen molar-refractivity contribution in [2.45, 2.75) is 32.5 Å². The first-order valence-electron chi connectivity index (χ1n) is 7.04. The molecule has 0 fully saturated rings. The number of benzene rings is 1. The van der Waals surface area contributed by atoms with Crippen LogP contribution in [0.1, 0.15) is 26.3 Å². The Bertz CT molecular complexity index is 634. The van der Waals surface area contributed by atoms with Crippen molar-refractivity contribution < 1.29 is 31.8 Å². The zero-order valence-corrected chi connectivity index (χ0v) is 12.8. The van der Waals surface area contributed by atoms with Gasteiger partial charge in [0.1, 0.15) is 5.82 Å². The Morgan fingerprint density at radius 2 is 1.87 bits per heavy atom. The number of hydrogen-bond acceptors (Lipinski definition) is 3. The van der Waals surface area contributed by atoms with Crippen molar-refractivity contribution in [1.29, 1.82) is 0 Å². The Balaban J connectivity index is 2.56. The lowest BCUT2D eigenvalue weighted by molar-refractivity contribution is -0.262. The molecule has 3 nitrogen and oxygen atoms in total. The maximum absolute atomic E-state index is 13.4. The molecule has 1 aromatic rings. The van der Waals surface area contributed by atoms with Crippen LogP contribution in [0.3, 0.4) is 0 Å². The van der Waals surface area contributed by atoms with Crippen LogP contribution in [0.5, 0.6) is 0 Å². The molecule has 2 rings (SSSR count). The van der Waals surface area contributed by atoms with Crippen molar-refractivity contribution in [3.8, 4) is 0 Å². The van der Waals surface area contributed by atoms with E-state index in [4.69, 9.17) is 9.47 Å². The fourth-order valence-electron chi connectivity index (χ4n) is 2.49. The van der Waals surface area contributed by atoms with Gasteiger partial charge in [0.2, 0.25) is 11.4 Å². The van der Waals surface area contributed by atoms with E-state index in [9.17, 15) is 22.4 Å². The molecule has 0 bridgehead atoms. The molecular weight excluding hydrogens is 316 g/mol. The smallest absolute Gasteiger partial charge is 0.428 e. The van der Waals surface area contributed by atoms with E-state index < -0.39 is 35.2 Å². The fourth-order valence-corrected chi connectivity index (χ4v) is 2.49. The molecule has 0 aromatic heterocycles. The molecule has 2 atom stereocenters. The second-order valence-corrected chi connectivity index (χ2v) is 5.40. The molecule has 0 amide bonds. The highest BCUT2D eigenvalue weighted by Gasteiger charge is 2.62. The minimum atomic E-state index is -4.69. The summed E-state index contributed by atoms with van der Waals surface area (Å²) in [5.41, 5.74) is -2.21. The quantitative estimate of drug-likeness (QED) is 0.618. The van der Waals surface area contributed by atoms with Gasteiger partial charge < -0.3 is 9.47 Å². The maximum atomic E-state index is 13.4. The molecule has 0 spiro atoms. The van der Waals surface area contributed by atoms with Crippen molar-refractivity contribution >= 4 is 11.5 Å². The summed E-state index contributed by atoms with van der Waals surface area (Å²) < 4.78 is 63.1. The molecule has 0 saturated carbocycles. The summed E-state index contributed by atoms with van der Waals surface area (Å²) in [6, 6.07) is 4.85. The van der Waals surface area contributed by atoms with E-state index in [-0.39, 0.29) is 17.7 Å². The number of carbonyl (C=O) groups is 1. The average Bonchev–Trinajstić information content (AvgIpc) is 2.74. The zero-order chi connectivity index (χ0) is 17.4. The van der Waals surface area contributed by atoms with Gasteiger partial charge in [-0.3, -0.25) is 0 Å². The first-order chi connectivity index (χ1) is 10.6. The van der Waals surface area contributed by atoms with Crippen LogP contribution in [0.2, 0.25) is 0 Å². The number of rotatable bonds is 3.